The van der Waals surface area contributed by atoms with E-state index in [0.717, 1.165) is 37.7 Å². The lowest BCUT2D eigenvalue weighted by Crippen LogP contribution is -2.43. The maximum Gasteiger partial charge on any atom is 0.191 e. The van der Waals surface area contributed by atoms with E-state index in [9.17, 15) is 9.50 Å². The average molecular weight is 528 g/mol. The number of nitrogens with zero attached hydrogens (tertiary/aromatic N) is 2. The van der Waals surface area contributed by atoms with E-state index in [0.29, 0.717) is 12.1 Å². The van der Waals surface area contributed by atoms with E-state index < -0.39 is 5.82 Å². The zero-order chi connectivity index (χ0) is 21.1. The summed E-state index contributed by atoms with van der Waals surface area (Å²) in [6.07, 6.45) is 0. The Balaban J connectivity index is 0.00000450. The predicted molar refractivity (Wildman–Crippen MR) is 133 cm³/mol. The minimum atomic E-state index is -0.393. The molecule has 0 fully saturated rings. The molecule has 1 unspecified atom stereocenters. The molecule has 0 aliphatic heterocycles. The summed E-state index contributed by atoms with van der Waals surface area (Å²) in [6, 6.07) is 15.5. The van der Waals surface area contributed by atoms with Crippen LogP contribution in [0.15, 0.2) is 53.5 Å². The van der Waals surface area contributed by atoms with Crippen LogP contribution >= 0.6 is 24.0 Å². The van der Waals surface area contributed by atoms with Gasteiger partial charge in [0, 0.05) is 18.7 Å². The predicted octanol–water partition coefficient (Wildman–Crippen LogP) is 4.07. The Bertz CT molecular complexity index is 769. The molecule has 7 heteroatoms. The molecule has 3 N–H and O–H groups in total. The Hall–Kier alpha value is -1.71. The smallest absolute Gasteiger partial charge is 0.191 e. The van der Waals surface area contributed by atoms with Gasteiger partial charge in [0.25, 0.3) is 0 Å². The standard InChI is InChI=1S/C23H33FN4O.HI/c1-4-25-23(26-15-18-12-13-21(24)20(14-18)17-29)27-16-22(28(5-2)6-3)19-10-8-7-9-11-19;/h7-14,22,29H,4-6,15-17H2,1-3H3,(H2,25,26,27);1H. The van der Waals surface area contributed by atoms with Gasteiger partial charge in [-0.15, -0.1) is 24.0 Å². The first-order valence-corrected chi connectivity index (χ1v) is 10.3. The van der Waals surface area contributed by atoms with Crippen LogP contribution in [0.5, 0.6) is 0 Å². The van der Waals surface area contributed by atoms with Gasteiger partial charge in [0.15, 0.2) is 5.96 Å². The summed E-state index contributed by atoms with van der Waals surface area (Å²) in [5, 5.41) is 16.0. The molecule has 0 saturated carbocycles. The molecule has 2 aromatic carbocycles. The molecule has 5 nitrogen and oxygen atoms in total. The average Bonchev–Trinajstić information content (AvgIpc) is 2.76. The highest BCUT2D eigenvalue weighted by molar-refractivity contribution is 14.0. The molecule has 0 amide bonds. The molecule has 0 heterocycles. The van der Waals surface area contributed by atoms with E-state index in [1.165, 1.54) is 11.6 Å². The van der Waals surface area contributed by atoms with Crippen molar-refractivity contribution in [3.63, 3.8) is 0 Å². The molecule has 0 spiro atoms. The number of halogens is 2. The van der Waals surface area contributed by atoms with Gasteiger partial charge < -0.3 is 15.7 Å². The van der Waals surface area contributed by atoms with Crippen molar-refractivity contribution in [2.24, 2.45) is 4.99 Å². The number of aliphatic imine (C=N–C) groups is 1. The SMILES string of the molecule is CCNC(=NCc1ccc(F)c(CO)c1)NCC(c1ccccc1)N(CC)CC.I. The van der Waals surface area contributed by atoms with Gasteiger partial charge in [-0.1, -0.05) is 50.2 Å². The van der Waals surface area contributed by atoms with Crippen LogP contribution in [-0.2, 0) is 13.2 Å². The van der Waals surface area contributed by atoms with E-state index in [4.69, 9.17) is 0 Å². The van der Waals surface area contributed by atoms with Crippen molar-refractivity contribution < 1.29 is 9.50 Å². The third kappa shape index (κ3) is 7.85. The number of nitrogens with one attached hydrogen (secondary N) is 2. The molecule has 166 valence electrons. The maximum absolute atomic E-state index is 13.6. The van der Waals surface area contributed by atoms with E-state index >= 15 is 0 Å². The molecule has 2 rings (SSSR count). The summed E-state index contributed by atoms with van der Waals surface area (Å²) in [4.78, 5) is 7.05. The Morgan fingerprint density at radius 2 is 1.77 bits per heavy atom. The molecule has 1 atom stereocenters. The number of benzene rings is 2. The first-order valence-electron chi connectivity index (χ1n) is 10.3. The van der Waals surface area contributed by atoms with Crippen molar-refractivity contribution in [2.45, 2.75) is 40.0 Å². The minimum absolute atomic E-state index is 0. The summed E-state index contributed by atoms with van der Waals surface area (Å²) in [5.41, 5.74) is 2.42. The Morgan fingerprint density at radius 1 is 1.07 bits per heavy atom. The zero-order valence-electron chi connectivity index (χ0n) is 18.1. The van der Waals surface area contributed by atoms with Crippen LogP contribution in [0.3, 0.4) is 0 Å². The third-order valence-electron chi connectivity index (χ3n) is 4.94. The highest BCUT2D eigenvalue weighted by Crippen LogP contribution is 2.19. The third-order valence-corrected chi connectivity index (χ3v) is 4.94. The lowest BCUT2D eigenvalue weighted by Gasteiger charge is -2.30. The van der Waals surface area contributed by atoms with Crippen LogP contribution < -0.4 is 10.6 Å². The van der Waals surface area contributed by atoms with Crippen LogP contribution in [0, 0.1) is 5.82 Å². The van der Waals surface area contributed by atoms with Crippen molar-refractivity contribution in [2.75, 3.05) is 26.2 Å². The lowest BCUT2D eigenvalue weighted by molar-refractivity contribution is 0.219. The van der Waals surface area contributed by atoms with Crippen molar-refractivity contribution >= 4 is 29.9 Å². The van der Waals surface area contributed by atoms with Crippen LogP contribution in [0.1, 0.15) is 43.5 Å². The largest absolute Gasteiger partial charge is 0.392 e. The van der Waals surface area contributed by atoms with Gasteiger partial charge in [-0.3, -0.25) is 4.90 Å². The Kier molecular flexibility index (Phi) is 12.6. The van der Waals surface area contributed by atoms with Crippen molar-refractivity contribution in [1.29, 1.82) is 0 Å². The number of aliphatic hydroxyl groups is 1. The molecule has 30 heavy (non-hydrogen) atoms. The second-order valence-corrected chi connectivity index (χ2v) is 6.81. The summed E-state index contributed by atoms with van der Waals surface area (Å²) in [6.45, 7) is 9.86. The number of aliphatic hydroxyl groups excluding tert-OH is 1. The Labute approximate surface area is 196 Å². The minimum Gasteiger partial charge on any atom is -0.392 e. The highest BCUT2D eigenvalue weighted by atomic mass is 127. The first-order chi connectivity index (χ1) is 14.1. The van der Waals surface area contributed by atoms with Gasteiger partial charge in [-0.2, -0.15) is 0 Å². The number of hydrogen-bond acceptors (Lipinski definition) is 3. The van der Waals surface area contributed by atoms with Crippen molar-refractivity contribution in [1.82, 2.24) is 15.5 Å². The monoisotopic (exact) mass is 528 g/mol. The summed E-state index contributed by atoms with van der Waals surface area (Å²) >= 11 is 0. The molecule has 0 radical (unpaired) electrons. The van der Waals surface area contributed by atoms with E-state index in [1.807, 2.05) is 13.0 Å². The fourth-order valence-corrected chi connectivity index (χ4v) is 3.35. The van der Waals surface area contributed by atoms with Crippen LogP contribution in [-0.4, -0.2) is 42.1 Å². The van der Waals surface area contributed by atoms with Gasteiger partial charge in [0.1, 0.15) is 5.82 Å². The Morgan fingerprint density at radius 3 is 2.37 bits per heavy atom. The van der Waals surface area contributed by atoms with Crippen LogP contribution in [0.2, 0.25) is 0 Å². The zero-order valence-corrected chi connectivity index (χ0v) is 20.4. The molecule has 0 aromatic heterocycles. The van der Waals surface area contributed by atoms with Gasteiger partial charge in [-0.05, 0) is 43.3 Å². The molecular formula is C23H34FIN4O. The summed E-state index contributed by atoms with van der Waals surface area (Å²) in [5.74, 6) is 0.325. The quantitative estimate of drug-likeness (QED) is 0.247. The van der Waals surface area contributed by atoms with Crippen molar-refractivity contribution in [3.05, 3.63) is 71.0 Å². The summed E-state index contributed by atoms with van der Waals surface area (Å²) in [7, 11) is 0. The normalized spacial score (nSPS) is 12.4. The van der Waals surface area contributed by atoms with E-state index in [-0.39, 0.29) is 36.6 Å². The van der Waals surface area contributed by atoms with Gasteiger partial charge in [-0.25, -0.2) is 9.38 Å². The second-order valence-electron chi connectivity index (χ2n) is 6.81. The first kappa shape index (κ1) is 26.3. The fraction of sp³-hybridized carbons (Fsp3) is 0.435. The molecule has 0 aliphatic carbocycles. The molecule has 2 aromatic rings. The van der Waals surface area contributed by atoms with Gasteiger partial charge in [0.2, 0.25) is 0 Å². The molecular weight excluding hydrogens is 494 g/mol. The topological polar surface area (TPSA) is 59.9 Å². The van der Waals surface area contributed by atoms with E-state index in [2.05, 4.69) is 58.6 Å². The number of guanidine groups is 1. The number of hydrogen-bond donors (Lipinski definition) is 3. The van der Waals surface area contributed by atoms with Crippen molar-refractivity contribution in [3.8, 4) is 0 Å². The molecule has 0 bridgehead atoms. The summed E-state index contributed by atoms with van der Waals surface area (Å²) < 4.78 is 13.6. The van der Waals surface area contributed by atoms with Crippen LogP contribution in [0.25, 0.3) is 0 Å². The fourth-order valence-electron chi connectivity index (χ4n) is 3.35. The second kappa shape index (κ2) is 14.3. The maximum atomic E-state index is 13.6. The number of rotatable bonds is 10. The van der Waals surface area contributed by atoms with Crippen LogP contribution in [0.4, 0.5) is 4.39 Å². The van der Waals surface area contributed by atoms with E-state index in [1.54, 1.807) is 12.1 Å². The highest BCUT2D eigenvalue weighted by Gasteiger charge is 2.18. The lowest BCUT2D eigenvalue weighted by atomic mass is 10.1. The van der Waals surface area contributed by atoms with Gasteiger partial charge in [0.05, 0.1) is 19.2 Å². The van der Waals surface area contributed by atoms with Gasteiger partial charge >= 0.3 is 0 Å². The molecule has 0 saturated heterocycles. The molecule has 0 aliphatic rings. The number of likely N-dealkylation sites (N-methyl/N-ethyl adjacent to an activating group) is 1.